The van der Waals surface area contributed by atoms with Crippen LogP contribution in [0.15, 0.2) is 54.9 Å². The molecule has 2 aromatic carbocycles. The van der Waals surface area contributed by atoms with Gasteiger partial charge < -0.3 is 4.74 Å². The van der Waals surface area contributed by atoms with Crippen LogP contribution in [0, 0.1) is 11.3 Å². The number of nitriles is 1. The van der Waals surface area contributed by atoms with E-state index < -0.39 is 5.97 Å². The maximum absolute atomic E-state index is 12.6. The zero-order valence-electron chi connectivity index (χ0n) is 18.8. The summed E-state index contributed by atoms with van der Waals surface area (Å²) >= 11 is 0. The Morgan fingerprint density at radius 2 is 1.66 bits per heavy atom. The van der Waals surface area contributed by atoms with Gasteiger partial charge >= 0.3 is 5.97 Å². The first-order valence-corrected chi connectivity index (χ1v) is 11.3. The highest BCUT2D eigenvalue weighted by Gasteiger charge is 2.13. The lowest BCUT2D eigenvalue weighted by molar-refractivity contribution is 0.0734. The molecule has 32 heavy (non-hydrogen) atoms. The molecule has 0 saturated heterocycles. The van der Waals surface area contributed by atoms with Crippen molar-refractivity contribution >= 4 is 5.97 Å². The van der Waals surface area contributed by atoms with Gasteiger partial charge in [0.1, 0.15) is 11.8 Å². The second-order valence-electron chi connectivity index (χ2n) is 7.88. The Labute approximate surface area is 190 Å². The van der Waals surface area contributed by atoms with Crippen LogP contribution in [-0.2, 0) is 12.8 Å². The van der Waals surface area contributed by atoms with Gasteiger partial charge in [0.25, 0.3) is 0 Å². The number of unbranched alkanes of at least 4 members (excludes halogenated alkanes) is 3. The first-order valence-electron chi connectivity index (χ1n) is 11.3. The van der Waals surface area contributed by atoms with Gasteiger partial charge in [0, 0.05) is 18.0 Å². The minimum absolute atomic E-state index is 0.277. The Balaban J connectivity index is 1.64. The van der Waals surface area contributed by atoms with Gasteiger partial charge in [0.2, 0.25) is 0 Å². The van der Waals surface area contributed by atoms with E-state index in [2.05, 4.69) is 29.9 Å². The summed E-state index contributed by atoms with van der Waals surface area (Å²) in [5, 5.41) is 9.39. The lowest BCUT2D eigenvalue weighted by Crippen LogP contribution is -2.09. The maximum Gasteiger partial charge on any atom is 0.343 e. The van der Waals surface area contributed by atoms with Crippen molar-refractivity contribution in [1.82, 2.24) is 9.97 Å². The van der Waals surface area contributed by atoms with Crippen LogP contribution >= 0.6 is 0 Å². The Morgan fingerprint density at radius 1 is 0.906 bits per heavy atom. The summed E-state index contributed by atoms with van der Waals surface area (Å²) in [6.07, 6.45) is 11.5. The van der Waals surface area contributed by atoms with Gasteiger partial charge in [-0.05, 0) is 54.7 Å². The van der Waals surface area contributed by atoms with E-state index in [0.717, 1.165) is 42.4 Å². The van der Waals surface area contributed by atoms with E-state index in [0.29, 0.717) is 17.0 Å². The second-order valence-corrected chi connectivity index (χ2v) is 7.88. The number of rotatable bonds is 10. The molecule has 0 aliphatic carbocycles. The summed E-state index contributed by atoms with van der Waals surface area (Å²) in [7, 11) is 0. The highest BCUT2D eigenvalue weighted by atomic mass is 16.5. The van der Waals surface area contributed by atoms with Gasteiger partial charge in [-0.25, -0.2) is 14.8 Å². The topological polar surface area (TPSA) is 75.9 Å². The van der Waals surface area contributed by atoms with E-state index in [1.807, 2.05) is 30.6 Å². The number of ether oxygens (including phenoxy) is 1. The number of benzene rings is 2. The third-order valence-electron chi connectivity index (χ3n) is 5.31. The molecule has 0 aliphatic rings. The fourth-order valence-electron chi connectivity index (χ4n) is 3.50. The molecule has 0 atom stereocenters. The van der Waals surface area contributed by atoms with Crippen LogP contribution < -0.4 is 4.74 Å². The fourth-order valence-corrected chi connectivity index (χ4v) is 3.50. The Bertz CT molecular complexity index is 1070. The van der Waals surface area contributed by atoms with Crippen molar-refractivity contribution in [2.75, 3.05) is 0 Å². The summed E-state index contributed by atoms with van der Waals surface area (Å²) in [6, 6.07) is 14.5. The molecular formula is C27H29N3O2. The van der Waals surface area contributed by atoms with Gasteiger partial charge in [-0.3, -0.25) is 0 Å². The molecule has 0 aliphatic heterocycles. The van der Waals surface area contributed by atoms with Crippen molar-refractivity contribution in [2.45, 2.75) is 58.8 Å². The SMILES string of the molecule is CCCCCCc1cnc(-c2ccc(C(=O)Oc3ccc(CCC)cc3C#N)cc2)nc1. The Hall–Kier alpha value is -3.52. The molecule has 0 N–H and O–H groups in total. The van der Waals surface area contributed by atoms with Crippen LogP contribution in [0.4, 0.5) is 0 Å². The first kappa shape index (κ1) is 23.1. The summed E-state index contributed by atoms with van der Waals surface area (Å²) in [4.78, 5) is 21.5. The molecule has 0 radical (unpaired) electrons. The molecule has 3 rings (SSSR count). The third-order valence-corrected chi connectivity index (χ3v) is 5.31. The van der Waals surface area contributed by atoms with Gasteiger partial charge in [-0.1, -0.05) is 57.7 Å². The van der Waals surface area contributed by atoms with Crippen molar-refractivity contribution in [3.8, 4) is 23.2 Å². The highest BCUT2D eigenvalue weighted by Crippen LogP contribution is 2.22. The monoisotopic (exact) mass is 427 g/mol. The molecule has 0 saturated carbocycles. The zero-order valence-corrected chi connectivity index (χ0v) is 18.8. The molecule has 3 aromatic rings. The van der Waals surface area contributed by atoms with E-state index in [4.69, 9.17) is 4.74 Å². The molecule has 0 amide bonds. The van der Waals surface area contributed by atoms with Crippen molar-refractivity contribution in [2.24, 2.45) is 0 Å². The molecule has 0 fully saturated rings. The molecule has 1 heterocycles. The highest BCUT2D eigenvalue weighted by molar-refractivity contribution is 5.91. The third kappa shape index (κ3) is 6.24. The van der Waals surface area contributed by atoms with Gasteiger partial charge in [-0.15, -0.1) is 0 Å². The summed E-state index contributed by atoms with van der Waals surface area (Å²) < 4.78 is 5.48. The lowest BCUT2D eigenvalue weighted by Gasteiger charge is -2.08. The number of hydrogen-bond acceptors (Lipinski definition) is 5. The van der Waals surface area contributed by atoms with E-state index in [9.17, 15) is 10.1 Å². The van der Waals surface area contributed by atoms with Gasteiger partial charge in [0.05, 0.1) is 11.1 Å². The smallest absolute Gasteiger partial charge is 0.343 e. The summed E-state index contributed by atoms with van der Waals surface area (Å²) in [5.74, 6) is 0.402. The maximum atomic E-state index is 12.6. The quantitative estimate of drug-likeness (QED) is 0.215. The molecule has 5 nitrogen and oxygen atoms in total. The molecule has 0 bridgehead atoms. The molecule has 0 spiro atoms. The van der Waals surface area contributed by atoms with Gasteiger partial charge in [-0.2, -0.15) is 5.26 Å². The number of esters is 1. The number of carbonyl (C=O) groups excluding carboxylic acids is 1. The van der Waals surface area contributed by atoms with Crippen molar-refractivity contribution < 1.29 is 9.53 Å². The summed E-state index contributed by atoms with van der Waals surface area (Å²) in [5.41, 5.74) is 3.80. The van der Waals surface area contributed by atoms with Gasteiger partial charge in [0.15, 0.2) is 5.82 Å². The fraction of sp³-hybridized carbons (Fsp3) is 0.333. The predicted octanol–water partition coefficient (Wildman–Crippen LogP) is 6.31. The molecule has 5 heteroatoms. The predicted molar refractivity (Wildman–Crippen MR) is 125 cm³/mol. The minimum Gasteiger partial charge on any atom is -0.422 e. The average Bonchev–Trinajstić information content (AvgIpc) is 2.83. The van der Waals surface area contributed by atoms with Crippen molar-refractivity contribution in [3.05, 3.63) is 77.1 Å². The number of aromatic nitrogens is 2. The Kier molecular flexibility index (Phi) is 8.51. The van der Waals surface area contributed by atoms with Crippen molar-refractivity contribution in [1.29, 1.82) is 5.26 Å². The summed E-state index contributed by atoms with van der Waals surface area (Å²) in [6.45, 7) is 4.29. The average molecular weight is 428 g/mol. The van der Waals surface area contributed by atoms with Crippen LogP contribution in [0.3, 0.4) is 0 Å². The van der Waals surface area contributed by atoms with Crippen LogP contribution in [-0.4, -0.2) is 15.9 Å². The number of aryl methyl sites for hydroxylation is 2. The van der Waals surface area contributed by atoms with E-state index in [1.165, 1.54) is 19.3 Å². The standard InChI is InChI=1S/C27H29N3O2/c1-3-5-6-7-9-21-18-29-26(30-19-21)22-11-13-23(14-12-22)27(31)32-25-15-10-20(8-4-2)16-24(25)17-28/h10-16,18-19H,3-9H2,1-2H3. The molecular weight excluding hydrogens is 398 g/mol. The number of nitrogens with zero attached hydrogens (tertiary/aromatic N) is 3. The largest absolute Gasteiger partial charge is 0.422 e. The molecule has 164 valence electrons. The lowest BCUT2D eigenvalue weighted by atomic mass is 10.1. The van der Waals surface area contributed by atoms with Crippen molar-refractivity contribution in [3.63, 3.8) is 0 Å². The van der Waals surface area contributed by atoms with Crippen LogP contribution in [0.5, 0.6) is 5.75 Å². The van der Waals surface area contributed by atoms with E-state index in [-0.39, 0.29) is 5.75 Å². The van der Waals surface area contributed by atoms with E-state index >= 15 is 0 Å². The van der Waals surface area contributed by atoms with Crippen LogP contribution in [0.1, 0.15) is 73.0 Å². The minimum atomic E-state index is -0.500. The molecule has 0 unspecified atom stereocenters. The van der Waals surface area contributed by atoms with E-state index in [1.54, 1.807) is 24.3 Å². The zero-order chi connectivity index (χ0) is 22.8. The second kappa shape index (κ2) is 11.8. The van der Waals surface area contributed by atoms with Crippen LogP contribution in [0.25, 0.3) is 11.4 Å². The number of carbonyl (C=O) groups is 1. The number of hydrogen-bond donors (Lipinski definition) is 0. The Morgan fingerprint density at radius 3 is 2.31 bits per heavy atom. The normalized spacial score (nSPS) is 10.5. The first-order chi connectivity index (χ1) is 15.6. The van der Waals surface area contributed by atoms with Crippen LogP contribution in [0.2, 0.25) is 0 Å². The molecule has 1 aromatic heterocycles.